The first-order valence-electron chi connectivity index (χ1n) is 19.5. The molecule has 1 saturated heterocycles. The Kier molecular flexibility index (Phi) is 12.7. The molecule has 302 valence electrons. The molecule has 1 spiro atoms. The van der Waals surface area contributed by atoms with Crippen LogP contribution in [-0.2, 0) is 36.0 Å². The number of nitrogens with zero attached hydrogens (tertiary/aromatic N) is 3. The van der Waals surface area contributed by atoms with Gasteiger partial charge in [-0.05, 0) is 66.4 Å². The number of rotatable bonds is 16. The molecule has 4 aromatic rings. The number of amides is 2. The summed E-state index contributed by atoms with van der Waals surface area (Å²) in [5.74, 6) is -0.253. The van der Waals surface area contributed by atoms with Crippen LogP contribution in [-0.4, -0.2) is 87.6 Å². The first-order chi connectivity index (χ1) is 27.4. The average Bonchev–Trinajstić information content (AvgIpc) is 3.65. The smallest absolute Gasteiger partial charge is 0.305 e. The number of methoxy groups -OCH3 is 3. The average molecular weight is 796 g/mol. The molecule has 0 unspecified atom stereocenters. The van der Waals surface area contributed by atoms with Crippen molar-refractivity contribution >= 4 is 36.7 Å². The number of aromatic nitrogens is 1. The van der Waals surface area contributed by atoms with Gasteiger partial charge in [0, 0.05) is 49.4 Å². The van der Waals surface area contributed by atoms with Crippen molar-refractivity contribution in [3.8, 4) is 17.2 Å². The van der Waals surface area contributed by atoms with E-state index in [0.29, 0.717) is 42.9 Å². The lowest BCUT2D eigenvalue weighted by molar-refractivity contribution is -0.149. The first-order valence-corrected chi connectivity index (χ1v) is 22.5. The van der Waals surface area contributed by atoms with Gasteiger partial charge in [0.05, 0.1) is 54.2 Å². The molecule has 4 atom stereocenters. The summed E-state index contributed by atoms with van der Waals surface area (Å²) < 4.78 is 24.4. The third kappa shape index (κ3) is 8.01. The quantitative estimate of drug-likeness (QED) is 0.0926. The highest BCUT2D eigenvalue weighted by Gasteiger charge is 2.66. The Labute approximate surface area is 334 Å². The van der Waals surface area contributed by atoms with E-state index in [-0.39, 0.29) is 60.6 Å². The zero-order valence-corrected chi connectivity index (χ0v) is 34.6. The van der Waals surface area contributed by atoms with Crippen LogP contribution in [0.15, 0.2) is 95.9 Å². The predicted molar refractivity (Wildman–Crippen MR) is 220 cm³/mol. The van der Waals surface area contributed by atoms with Gasteiger partial charge in [-0.2, -0.15) is 0 Å². The van der Waals surface area contributed by atoms with E-state index in [4.69, 9.17) is 18.9 Å². The topological polar surface area (TPSA) is 137 Å². The summed E-state index contributed by atoms with van der Waals surface area (Å²) in [5, 5.41) is 11.2. The standard InChI is InChI=1S/C44H53N3O9Si/c1-30-41(57(5,6)34-20-18-33(53-2)19-21-34)38(28-39(49)45(25-26-48)29-31-13-8-7-9-14-31)56-44(30)35-27-32(46-24-12-15-37(54-3)42(46)51)17-22-36(35)47(43(44)52)23-11-10-16-40(50)55-4/h7-9,12-15,17-22,24,27,30,38,41,48H,10-11,16,23,25-26,28-29H2,1-6H3/t30-,38+,41-,44+/m0/s1. The normalized spacial score (nSPS) is 20.1. The Morgan fingerprint density at radius 2 is 1.67 bits per heavy atom. The van der Waals surface area contributed by atoms with Gasteiger partial charge in [0.2, 0.25) is 5.91 Å². The number of benzene rings is 3. The van der Waals surface area contributed by atoms with E-state index in [1.165, 1.54) is 18.8 Å². The molecule has 1 fully saturated rings. The van der Waals surface area contributed by atoms with Crippen molar-refractivity contribution in [3.63, 3.8) is 0 Å². The van der Waals surface area contributed by atoms with E-state index in [0.717, 1.165) is 16.5 Å². The molecule has 2 aliphatic heterocycles. The van der Waals surface area contributed by atoms with E-state index in [2.05, 4.69) is 32.2 Å². The van der Waals surface area contributed by atoms with Gasteiger partial charge in [0.25, 0.3) is 11.5 Å². The maximum atomic E-state index is 15.3. The predicted octanol–water partition coefficient (Wildman–Crippen LogP) is 5.17. The molecule has 57 heavy (non-hydrogen) atoms. The summed E-state index contributed by atoms with van der Waals surface area (Å²) in [7, 11) is 1.82. The summed E-state index contributed by atoms with van der Waals surface area (Å²) in [6.07, 6.45) is 2.26. The second kappa shape index (κ2) is 17.5. The first kappa shape index (κ1) is 41.4. The number of carbonyl (C=O) groups excluding carboxylic acids is 3. The van der Waals surface area contributed by atoms with Gasteiger partial charge in [-0.3, -0.25) is 23.7 Å². The van der Waals surface area contributed by atoms with Crippen LogP contribution in [0.3, 0.4) is 0 Å². The summed E-state index contributed by atoms with van der Waals surface area (Å²) in [6, 6.07) is 26.5. The van der Waals surface area contributed by atoms with E-state index < -0.39 is 25.7 Å². The lowest BCUT2D eigenvalue weighted by Gasteiger charge is -2.37. The number of pyridine rings is 1. The Morgan fingerprint density at radius 1 is 0.930 bits per heavy atom. The number of hydrogen-bond acceptors (Lipinski definition) is 9. The third-order valence-corrected chi connectivity index (χ3v) is 16.1. The number of unbranched alkanes of at least 4 members (excludes halogenated alkanes) is 1. The van der Waals surface area contributed by atoms with Crippen molar-refractivity contribution in [1.29, 1.82) is 0 Å². The molecular weight excluding hydrogens is 743 g/mol. The number of esters is 1. The summed E-state index contributed by atoms with van der Waals surface area (Å²) in [6.45, 7) is 7.14. The molecule has 0 bridgehead atoms. The number of carbonyl (C=O) groups is 3. The van der Waals surface area contributed by atoms with Gasteiger partial charge < -0.3 is 33.9 Å². The van der Waals surface area contributed by atoms with Crippen LogP contribution in [0.5, 0.6) is 11.5 Å². The number of fused-ring (bicyclic) bond motifs is 2. The lowest BCUT2D eigenvalue weighted by atomic mass is 9.82. The molecular formula is C44H53N3O9Si. The number of aliphatic hydroxyl groups is 1. The fraction of sp³-hybridized carbons (Fsp3) is 0.409. The van der Waals surface area contributed by atoms with Crippen LogP contribution in [0.1, 0.15) is 43.7 Å². The molecule has 6 rings (SSSR count). The highest BCUT2D eigenvalue weighted by molar-refractivity contribution is 6.91. The monoisotopic (exact) mass is 795 g/mol. The summed E-state index contributed by atoms with van der Waals surface area (Å²) in [4.78, 5) is 58.6. The van der Waals surface area contributed by atoms with Crippen molar-refractivity contribution in [2.45, 2.75) is 69.5 Å². The fourth-order valence-corrected chi connectivity index (χ4v) is 12.9. The number of anilines is 1. The van der Waals surface area contributed by atoms with Crippen molar-refractivity contribution < 1.29 is 38.4 Å². The van der Waals surface area contributed by atoms with E-state index in [1.54, 1.807) is 41.3 Å². The molecule has 3 aromatic carbocycles. The molecule has 12 nitrogen and oxygen atoms in total. The minimum Gasteiger partial charge on any atom is -0.497 e. The Balaban J connectivity index is 1.47. The number of ether oxygens (including phenoxy) is 4. The molecule has 3 heterocycles. The molecule has 1 aromatic heterocycles. The fourth-order valence-electron chi connectivity index (χ4n) is 8.87. The summed E-state index contributed by atoms with van der Waals surface area (Å²) >= 11 is 0. The van der Waals surface area contributed by atoms with Gasteiger partial charge in [-0.15, -0.1) is 0 Å². The van der Waals surface area contributed by atoms with Crippen LogP contribution < -0.4 is 25.1 Å². The van der Waals surface area contributed by atoms with Crippen molar-refractivity contribution in [2.75, 3.05) is 45.9 Å². The minimum atomic E-state index is -2.61. The zero-order valence-electron chi connectivity index (χ0n) is 33.6. The zero-order chi connectivity index (χ0) is 40.9. The molecule has 0 radical (unpaired) electrons. The van der Waals surface area contributed by atoms with Gasteiger partial charge >= 0.3 is 5.97 Å². The van der Waals surface area contributed by atoms with E-state index >= 15 is 4.79 Å². The van der Waals surface area contributed by atoms with Crippen LogP contribution in [0, 0.1) is 5.92 Å². The largest absolute Gasteiger partial charge is 0.497 e. The highest BCUT2D eigenvalue weighted by Crippen LogP contribution is 2.60. The molecule has 1 N–H and O–H groups in total. The van der Waals surface area contributed by atoms with Gasteiger partial charge in [-0.1, -0.05) is 67.7 Å². The van der Waals surface area contributed by atoms with Gasteiger partial charge in [0.15, 0.2) is 11.4 Å². The van der Waals surface area contributed by atoms with Crippen molar-refractivity contribution in [1.82, 2.24) is 9.47 Å². The van der Waals surface area contributed by atoms with E-state index in [1.807, 2.05) is 54.6 Å². The van der Waals surface area contributed by atoms with Crippen LogP contribution >= 0.6 is 0 Å². The lowest BCUT2D eigenvalue weighted by Crippen LogP contribution is -2.52. The van der Waals surface area contributed by atoms with Crippen molar-refractivity contribution in [2.24, 2.45) is 5.92 Å². The highest BCUT2D eigenvalue weighted by atomic mass is 28.3. The molecule has 2 amide bonds. The minimum absolute atomic E-state index is 0.00699. The Hall–Kier alpha value is -5.24. The van der Waals surface area contributed by atoms with Crippen LogP contribution in [0.4, 0.5) is 5.69 Å². The molecule has 0 saturated carbocycles. The van der Waals surface area contributed by atoms with Crippen molar-refractivity contribution in [3.05, 3.63) is 113 Å². The van der Waals surface area contributed by atoms with E-state index in [9.17, 15) is 19.5 Å². The van der Waals surface area contributed by atoms with Gasteiger partial charge in [-0.25, -0.2) is 0 Å². The number of hydrogen-bond donors (Lipinski definition) is 1. The third-order valence-electron chi connectivity index (χ3n) is 11.8. The SMILES string of the molecule is COC(=O)CCCCN1C(=O)[C@]2(O[C@H](CC(=O)N(CCO)Cc3ccccc3)[C@@H]([Si](C)(C)c3ccc(OC)cc3)[C@@H]2C)c2cc(-n3cccc(OC)c3=O)ccc21. The summed E-state index contributed by atoms with van der Waals surface area (Å²) in [5.41, 5.74) is 0.666. The molecule has 0 aliphatic carbocycles. The van der Waals surface area contributed by atoms with Crippen LogP contribution in [0.25, 0.3) is 5.69 Å². The second-order valence-electron chi connectivity index (χ2n) is 15.3. The van der Waals surface area contributed by atoms with Crippen LogP contribution in [0.2, 0.25) is 18.6 Å². The maximum absolute atomic E-state index is 15.3. The second-order valence-corrected chi connectivity index (χ2v) is 20.0. The van der Waals surface area contributed by atoms with Gasteiger partial charge in [0.1, 0.15) is 5.75 Å². The number of aliphatic hydroxyl groups excluding tert-OH is 1. The maximum Gasteiger partial charge on any atom is 0.305 e. The Morgan fingerprint density at radius 3 is 2.33 bits per heavy atom. The molecule has 13 heteroatoms. The molecule has 2 aliphatic rings. The Bertz CT molecular complexity index is 2120.